The minimum Gasteiger partial charge on any atom is -0.0651 e. The highest BCUT2D eigenvalue weighted by Gasteiger charge is 2.06. The molecule has 0 aliphatic carbocycles. The third-order valence-corrected chi connectivity index (χ3v) is 4.75. The van der Waals surface area contributed by atoms with Crippen LogP contribution in [-0.4, -0.2) is 0 Å². The van der Waals surface area contributed by atoms with E-state index in [-0.39, 0.29) is 0 Å². The zero-order chi connectivity index (χ0) is 15.9. The molecule has 0 saturated carbocycles. The van der Waals surface area contributed by atoms with Gasteiger partial charge < -0.3 is 0 Å². The molecule has 2 aromatic carbocycles. The van der Waals surface area contributed by atoms with E-state index in [2.05, 4.69) is 76.2 Å². The predicted octanol–water partition coefficient (Wildman–Crippen LogP) is 6.53. The number of hydrogen-bond acceptors (Lipinski definition) is 0. The van der Waals surface area contributed by atoms with Gasteiger partial charge in [-0.05, 0) is 46.9 Å². The van der Waals surface area contributed by atoms with Crippen molar-refractivity contribution in [1.82, 2.24) is 0 Å². The fourth-order valence-electron chi connectivity index (χ4n) is 2.85. The van der Waals surface area contributed by atoms with Crippen molar-refractivity contribution in [2.24, 2.45) is 11.8 Å². The van der Waals surface area contributed by atoms with Crippen molar-refractivity contribution in [2.45, 2.75) is 53.4 Å². The van der Waals surface area contributed by atoms with Crippen molar-refractivity contribution in [3.05, 3.63) is 59.7 Å². The average molecular weight is 294 g/mol. The van der Waals surface area contributed by atoms with Gasteiger partial charge in [-0.1, -0.05) is 89.1 Å². The van der Waals surface area contributed by atoms with Crippen LogP contribution in [0.25, 0.3) is 11.1 Å². The van der Waals surface area contributed by atoms with E-state index in [1.165, 1.54) is 47.9 Å². The number of hydrogen-bond donors (Lipinski definition) is 0. The molecule has 0 amide bonds. The normalized spacial score (nSPS) is 13.8. The summed E-state index contributed by atoms with van der Waals surface area (Å²) < 4.78 is 0. The lowest BCUT2D eigenvalue weighted by molar-refractivity contribution is 0.560. The first-order valence-corrected chi connectivity index (χ1v) is 8.80. The van der Waals surface area contributed by atoms with E-state index in [9.17, 15) is 0 Å². The minimum absolute atomic E-state index is 0.756. The number of benzene rings is 2. The monoisotopic (exact) mass is 294 g/mol. The molecule has 0 aliphatic heterocycles. The molecular weight excluding hydrogens is 264 g/mol. The molecule has 0 fully saturated rings. The molecule has 0 aromatic heterocycles. The van der Waals surface area contributed by atoms with Crippen LogP contribution in [0.1, 0.15) is 51.7 Å². The van der Waals surface area contributed by atoms with Crippen molar-refractivity contribution in [2.75, 3.05) is 0 Å². The summed E-state index contributed by atoms with van der Waals surface area (Å²) in [7, 11) is 0. The predicted molar refractivity (Wildman–Crippen MR) is 98.2 cm³/mol. The number of rotatable bonds is 7. The van der Waals surface area contributed by atoms with E-state index >= 15 is 0 Å². The molecule has 0 bridgehead atoms. The summed E-state index contributed by atoms with van der Waals surface area (Å²) in [5, 5.41) is 0. The maximum atomic E-state index is 2.37. The van der Waals surface area contributed by atoms with Crippen LogP contribution in [0.2, 0.25) is 0 Å². The second kappa shape index (κ2) is 8.17. The summed E-state index contributed by atoms with van der Waals surface area (Å²) in [6, 6.07) is 18.1. The van der Waals surface area contributed by atoms with Gasteiger partial charge in [0.25, 0.3) is 0 Å². The van der Waals surface area contributed by atoms with Crippen molar-refractivity contribution in [3.8, 4) is 11.1 Å². The molecule has 2 unspecified atom stereocenters. The van der Waals surface area contributed by atoms with Crippen LogP contribution < -0.4 is 0 Å². The molecule has 0 spiro atoms. The van der Waals surface area contributed by atoms with E-state index in [1.807, 2.05) is 0 Å². The first kappa shape index (κ1) is 16.8. The van der Waals surface area contributed by atoms with Crippen molar-refractivity contribution < 1.29 is 0 Å². The van der Waals surface area contributed by atoms with Crippen LogP contribution in [0.15, 0.2) is 48.5 Å². The van der Waals surface area contributed by atoms with Crippen LogP contribution >= 0.6 is 0 Å². The highest BCUT2D eigenvalue weighted by molar-refractivity contribution is 5.65. The zero-order valence-corrected chi connectivity index (χ0v) is 14.6. The van der Waals surface area contributed by atoms with Gasteiger partial charge in [0.15, 0.2) is 0 Å². The molecule has 2 atom stereocenters. The van der Waals surface area contributed by atoms with Gasteiger partial charge in [0, 0.05) is 0 Å². The van der Waals surface area contributed by atoms with E-state index < -0.39 is 0 Å². The fourth-order valence-corrected chi connectivity index (χ4v) is 2.85. The van der Waals surface area contributed by atoms with E-state index in [1.54, 1.807) is 0 Å². The van der Waals surface area contributed by atoms with Gasteiger partial charge in [-0.2, -0.15) is 0 Å². The largest absolute Gasteiger partial charge is 0.0651 e. The minimum atomic E-state index is 0.756. The summed E-state index contributed by atoms with van der Waals surface area (Å²) in [6.07, 6.45) is 4.84. The molecule has 0 nitrogen and oxygen atoms in total. The molecule has 0 N–H and O–H groups in total. The second-order valence-electron chi connectivity index (χ2n) is 6.84. The Morgan fingerprint density at radius 1 is 0.682 bits per heavy atom. The van der Waals surface area contributed by atoms with Crippen LogP contribution in [-0.2, 0) is 12.8 Å². The van der Waals surface area contributed by atoms with E-state index in [0.717, 1.165) is 11.8 Å². The molecular formula is C22H30. The topological polar surface area (TPSA) is 0 Å². The van der Waals surface area contributed by atoms with Gasteiger partial charge in [-0.15, -0.1) is 0 Å². The maximum absolute atomic E-state index is 2.37. The Hall–Kier alpha value is -1.56. The molecule has 0 heterocycles. The van der Waals surface area contributed by atoms with Crippen molar-refractivity contribution in [1.29, 1.82) is 0 Å². The molecule has 2 rings (SSSR count). The lowest BCUT2D eigenvalue weighted by Crippen LogP contribution is -1.98. The lowest BCUT2D eigenvalue weighted by Gasteiger charge is -2.12. The average Bonchev–Trinajstić information content (AvgIpc) is 2.55. The van der Waals surface area contributed by atoms with Gasteiger partial charge in [0.1, 0.15) is 0 Å². The Balaban J connectivity index is 2.20. The highest BCUT2D eigenvalue weighted by Crippen LogP contribution is 2.24. The third kappa shape index (κ3) is 4.73. The lowest BCUT2D eigenvalue weighted by atomic mass is 9.93. The second-order valence-corrected chi connectivity index (χ2v) is 6.84. The van der Waals surface area contributed by atoms with Gasteiger partial charge in [0.2, 0.25) is 0 Å². The summed E-state index contributed by atoms with van der Waals surface area (Å²) in [6.45, 7) is 9.21. The van der Waals surface area contributed by atoms with Crippen LogP contribution in [0.4, 0.5) is 0 Å². The van der Waals surface area contributed by atoms with E-state index in [4.69, 9.17) is 0 Å². The Bertz CT molecular complexity index is 529. The molecule has 2 aromatic rings. The van der Waals surface area contributed by atoms with Crippen molar-refractivity contribution >= 4 is 0 Å². The van der Waals surface area contributed by atoms with Crippen LogP contribution in [0.5, 0.6) is 0 Å². The Kier molecular flexibility index (Phi) is 6.24. The van der Waals surface area contributed by atoms with Gasteiger partial charge in [-0.25, -0.2) is 0 Å². The summed E-state index contributed by atoms with van der Waals surface area (Å²) >= 11 is 0. The Morgan fingerprint density at radius 3 is 1.45 bits per heavy atom. The summed E-state index contributed by atoms with van der Waals surface area (Å²) in [4.78, 5) is 0. The first-order valence-electron chi connectivity index (χ1n) is 8.80. The van der Waals surface area contributed by atoms with Crippen molar-refractivity contribution in [3.63, 3.8) is 0 Å². The van der Waals surface area contributed by atoms with Gasteiger partial charge >= 0.3 is 0 Å². The smallest absolute Gasteiger partial charge is 0.0181 e. The zero-order valence-electron chi connectivity index (χ0n) is 14.6. The highest BCUT2D eigenvalue weighted by atomic mass is 14.1. The molecule has 0 heteroatoms. The van der Waals surface area contributed by atoms with Crippen LogP contribution in [0.3, 0.4) is 0 Å². The Labute approximate surface area is 136 Å². The maximum Gasteiger partial charge on any atom is -0.0181 e. The van der Waals surface area contributed by atoms with Gasteiger partial charge in [0.05, 0.1) is 0 Å². The SMILES string of the molecule is CCC(C)Cc1cccc(-c2cccc(CC(C)CC)c2)c1. The Morgan fingerprint density at radius 2 is 1.09 bits per heavy atom. The van der Waals surface area contributed by atoms with E-state index in [0.29, 0.717) is 0 Å². The fraction of sp³-hybridized carbons (Fsp3) is 0.455. The molecule has 0 aliphatic rings. The molecule has 22 heavy (non-hydrogen) atoms. The standard InChI is InChI=1S/C22H30/c1-5-17(3)13-19-9-7-11-21(15-19)22-12-8-10-20(16-22)14-18(4)6-2/h7-12,15-18H,5-6,13-14H2,1-4H3. The summed E-state index contributed by atoms with van der Waals surface area (Å²) in [5.74, 6) is 1.51. The quantitative estimate of drug-likeness (QED) is 0.544. The summed E-state index contributed by atoms with van der Waals surface area (Å²) in [5.41, 5.74) is 5.62. The first-order chi connectivity index (χ1) is 10.6. The third-order valence-electron chi connectivity index (χ3n) is 4.75. The van der Waals surface area contributed by atoms with Gasteiger partial charge in [-0.3, -0.25) is 0 Å². The molecule has 0 saturated heterocycles. The molecule has 118 valence electrons. The molecule has 0 radical (unpaired) electrons. The van der Waals surface area contributed by atoms with Crippen LogP contribution in [0, 0.1) is 11.8 Å².